The Morgan fingerprint density at radius 1 is 1.15 bits per heavy atom. The molecule has 0 radical (unpaired) electrons. The van der Waals surface area contributed by atoms with Gasteiger partial charge in [-0.05, 0) is 12.1 Å². The highest BCUT2D eigenvalue weighted by atomic mass is 32.1. The van der Waals surface area contributed by atoms with Crippen LogP contribution in [0.5, 0.6) is 0 Å². The molecule has 0 saturated carbocycles. The molecule has 0 atom stereocenters. The van der Waals surface area contributed by atoms with Gasteiger partial charge in [0, 0.05) is 35.7 Å². The molecular formula is C13H9N5OS. The molecule has 0 unspecified atom stereocenters. The number of hydrogen-bond acceptors (Lipinski definition) is 6. The summed E-state index contributed by atoms with van der Waals surface area (Å²) in [6.07, 6.45) is 7.94. The molecule has 0 fully saturated rings. The first-order valence-electron chi connectivity index (χ1n) is 5.75. The maximum Gasteiger partial charge on any atom is 0.259 e. The zero-order valence-corrected chi connectivity index (χ0v) is 11.0. The molecular weight excluding hydrogens is 274 g/mol. The predicted molar refractivity (Wildman–Crippen MR) is 75.3 cm³/mol. The second-order valence-electron chi connectivity index (χ2n) is 3.86. The van der Waals surface area contributed by atoms with Crippen molar-refractivity contribution >= 4 is 22.4 Å². The normalized spacial score (nSPS) is 10.2. The molecule has 1 amide bonds. The molecule has 0 aliphatic heterocycles. The molecule has 3 aromatic heterocycles. The van der Waals surface area contributed by atoms with Gasteiger partial charge < -0.3 is 0 Å². The minimum absolute atomic E-state index is 0.233. The standard InChI is InChI=1S/C13H9N5OS/c19-12(9-2-1-3-14-4-9)18-13-17-11(7-20-13)10-5-15-8-16-6-10/h1-8H,(H,17,18,19). The quantitative estimate of drug-likeness (QED) is 0.797. The number of anilines is 1. The summed E-state index contributed by atoms with van der Waals surface area (Å²) < 4.78 is 0. The maximum absolute atomic E-state index is 12.0. The molecule has 3 heterocycles. The van der Waals surface area contributed by atoms with E-state index in [0.717, 1.165) is 11.3 Å². The van der Waals surface area contributed by atoms with E-state index in [1.54, 1.807) is 30.7 Å². The Kier molecular flexibility index (Phi) is 3.42. The summed E-state index contributed by atoms with van der Waals surface area (Å²) >= 11 is 1.35. The van der Waals surface area contributed by atoms with Gasteiger partial charge in [-0.2, -0.15) is 0 Å². The van der Waals surface area contributed by atoms with Crippen LogP contribution in [0.2, 0.25) is 0 Å². The van der Waals surface area contributed by atoms with Gasteiger partial charge in [-0.25, -0.2) is 15.0 Å². The Labute approximate surface area is 118 Å². The highest BCUT2D eigenvalue weighted by molar-refractivity contribution is 7.14. The molecule has 3 rings (SSSR count). The van der Waals surface area contributed by atoms with Crippen molar-refractivity contribution in [3.8, 4) is 11.3 Å². The van der Waals surface area contributed by atoms with E-state index in [2.05, 4.69) is 25.3 Å². The molecule has 1 N–H and O–H groups in total. The number of carbonyl (C=O) groups is 1. The second-order valence-corrected chi connectivity index (χ2v) is 4.72. The maximum atomic E-state index is 12.0. The minimum atomic E-state index is -0.233. The van der Waals surface area contributed by atoms with E-state index in [1.165, 1.54) is 23.9 Å². The molecule has 20 heavy (non-hydrogen) atoms. The summed E-state index contributed by atoms with van der Waals surface area (Å²) in [6.45, 7) is 0. The van der Waals surface area contributed by atoms with Crippen LogP contribution in [-0.2, 0) is 0 Å². The molecule has 0 aromatic carbocycles. The van der Waals surface area contributed by atoms with Crippen LogP contribution in [0.3, 0.4) is 0 Å². The fourth-order valence-electron chi connectivity index (χ4n) is 1.56. The first kappa shape index (κ1) is 12.4. The van der Waals surface area contributed by atoms with Crippen molar-refractivity contribution in [3.63, 3.8) is 0 Å². The number of pyridine rings is 1. The third kappa shape index (κ3) is 2.67. The molecule has 7 heteroatoms. The lowest BCUT2D eigenvalue weighted by atomic mass is 10.3. The Hall–Kier alpha value is -2.67. The first-order valence-corrected chi connectivity index (χ1v) is 6.63. The number of hydrogen-bond donors (Lipinski definition) is 1. The molecule has 0 aliphatic rings. The van der Waals surface area contributed by atoms with Crippen LogP contribution >= 0.6 is 11.3 Å². The molecule has 0 spiro atoms. The average Bonchev–Trinajstić information content (AvgIpc) is 2.97. The van der Waals surface area contributed by atoms with Crippen molar-refractivity contribution in [2.24, 2.45) is 0 Å². The smallest absolute Gasteiger partial charge is 0.259 e. The van der Waals surface area contributed by atoms with Gasteiger partial charge in [0.1, 0.15) is 6.33 Å². The summed E-state index contributed by atoms with van der Waals surface area (Å²) in [5.41, 5.74) is 2.04. The number of amides is 1. The van der Waals surface area contributed by atoms with E-state index in [4.69, 9.17) is 0 Å². The first-order chi connectivity index (χ1) is 9.83. The van der Waals surface area contributed by atoms with Gasteiger partial charge in [0.05, 0.1) is 11.3 Å². The zero-order chi connectivity index (χ0) is 13.8. The largest absolute Gasteiger partial charge is 0.298 e. The van der Waals surface area contributed by atoms with Gasteiger partial charge in [0.25, 0.3) is 5.91 Å². The van der Waals surface area contributed by atoms with E-state index >= 15 is 0 Å². The molecule has 0 aliphatic carbocycles. The summed E-state index contributed by atoms with van der Waals surface area (Å²) in [5.74, 6) is -0.233. The third-order valence-corrected chi connectivity index (χ3v) is 3.26. The third-order valence-electron chi connectivity index (χ3n) is 2.50. The number of nitrogens with zero attached hydrogens (tertiary/aromatic N) is 4. The Bertz CT molecular complexity index is 714. The van der Waals surface area contributed by atoms with Crippen LogP contribution in [-0.4, -0.2) is 25.8 Å². The molecule has 98 valence electrons. The Morgan fingerprint density at radius 2 is 2.00 bits per heavy atom. The molecule has 3 aromatic rings. The van der Waals surface area contributed by atoms with E-state index in [0.29, 0.717) is 10.7 Å². The SMILES string of the molecule is O=C(Nc1nc(-c2cncnc2)cs1)c1cccnc1. The van der Waals surface area contributed by atoms with E-state index in [1.807, 2.05) is 5.38 Å². The van der Waals surface area contributed by atoms with Crippen molar-refractivity contribution in [1.29, 1.82) is 0 Å². The average molecular weight is 283 g/mol. The van der Waals surface area contributed by atoms with Gasteiger partial charge in [0.2, 0.25) is 0 Å². The molecule has 0 bridgehead atoms. The van der Waals surface area contributed by atoms with Gasteiger partial charge >= 0.3 is 0 Å². The van der Waals surface area contributed by atoms with E-state index in [9.17, 15) is 4.79 Å². The monoisotopic (exact) mass is 283 g/mol. The lowest BCUT2D eigenvalue weighted by Crippen LogP contribution is -2.11. The minimum Gasteiger partial charge on any atom is -0.298 e. The second kappa shape index (κ2) is 5.54. The summed E-state index contributed by atoms with van der Waals surface area (Å²) in [4.78, 5) is 28.1. The van der Waals surface area contributed by atoms with Crippen molar-refractivity contribution in [2.75, 3.05) is 5.32 Å². The van der Waals surface area contributed by atoms with Gasteiger partial charge in [-0.3, -0.25) is 15.1 Å². The van der Waals surface area contributed by atoms with E-state index in [-0.39, 0.29) is 5.91 Å². The van der Waals surface area contributed by atoms with Crippen LogP contribution in [0.1, 0.15) is 10.4 Å². The zero-order valence-electron chi connectivity index (χ0n) is 10.2. The van der Waals surface area contributed by atoms with Gasteiger partial charge in [-0.15, -0.1) is 11.3 Å². The lowest BCUT2D eigenvalue weighted by molar-refractivity contribution is 0.102. The number of thiazole rings is 1. The highest BCUT2D eigenvalue weighted by Gasteiger charge is 2.10. The van der Waals surface area contributed by atoms with Gasteiger partial charge in [-0.1, -0.05) is 0 Å². The van der Waals surface area contributed by atoms with Gasteiger partial charge in [0.15, 0.2) is 5.13 Å². The molecule has 6 nitrogen and oxygen atoms in total. The van der Waals surface area contributed by atoms with Crippen molar-refractivity contribution in [2.45, 2.75) is 0 Å². The van der Waals surface area contributed by atoms with E-state index < -0.39 is 0 Å². The highest BCUT2D eigenvalue weighted by Crippen LogP contribution is 2.23. The Balaban J connectivity index is 1.77. The van der Waals surface area contributed by atoms with Crippen LogP contribution in [0.25, 0.3) is 11.3 Å². The fraction of sp³-hybridized carbons (Fsp3) is 0. The summed E-state index contributed by atoms with van der Waals surface area (Å²) in [5, 5.41) is 5.11. The van der Waals surface area contributed by atoms with Crippen LogP contribution in [0, 0.1) is 0 Å². The number of nitrogens with one attached hydrogen (secondary N) is 1. The number of aromatic nitrogens is 4. The lowest BCUT2D eigenvalue weighted by Gasteiger charge is -2.00. The summed E-state index contributed by atoms with van der Waals surface area (Å²) in [6, 6.07) is 3.41. The number of rotatable bonds is 3. The van der Waals surface area contributed by atoms with Crippen LogP contribution in [0.4, 0.5) is 5.13 Å². The topological polar surface area (TPSA) is 80.7 Å². The van der Waals surface area contributed by atoms with Crippen molar-refractivity contribution < 1.29 is 4.79 Å². The van der Waals surface area contributed by atoms with Crippen LogP contribution < -0.4 is 5.32 Å². The Morgan fingerprint density at radius 3 is 2.75 bits per heavy atom. The van der Waals surface area contributed by atoms with Crippen molar-refractivity contribution in [3.05, 3.63) is 54.2 Å². The number of carbonyl (C=O) groups excluding carboxylic acids is 1. The molecule has 0 saturated heterocycles. The summed E-state index contributed by atoms with van der Waals surface area (Å²) in [7, 11) is 0. The predicted octanol–water partition coefficient (Wildman–Crippen LogP) is 2.25. The van der Waals surface area contributed by atoms with Crippen molar-refractivity contribution in [1.82, 2.24) is 19.9 Å². The van der Waals surface area contributed by atoms with Crippen LogP contribution in [0.15, 0.2) is 48.6 Å². The fourth-order valence-corrected chi connectivity index (χ4v) is 2.28.